The van der Waals surface area contributed by atoms with Crippen molar-refractivity contribution in [2.24, 2.45) is 0 Å². The maximum Gasteiger partial charge on any atom is 0.160 e. The monoisotopic (exact) mass is 589 g/mol. The van der Waals surface area contributed by atoms with Crippen LogP contribution in [0.4, 0.5) is 0 Å². The summed E-state index contributed by atoms with van der Waals surface area (Å²) in [5, 5.41) is 4.31. The number of hydrogen-bond donors (Lipinski definition) is 1. The highest BCUT2D eigenvalue weighted by atomic mass is 14.9. The fourth-order valence-electron chi connectivity index (χ4n) is 6.13. The van der Waals surface area contributed by atoms with E-state index in [1.54, 1.807) is 0 Å². The van der Waals surface area contributed by atoms with Gasteiger partial charge in [0, 0.05) is 23.1 Å². The fourth-order valence-corrected chi connectivity index (χ4v) is 6.13. The average molecular weight is 590 g/mol. The Morgan fingerprint density at radius 2 is 0.978 bits per heavy atom. The van der Waals surface area contributed by atoms with E-state index in [1.165, 1.54) is 22.3 Å². The lowest BCUT2D eigenvalue weighted by molar-refractivity contribution is 0.976. The van der Waals surface area contributed by atoms with Crippen molar-refractivity contribution in [2.45, 2.75) is 0 Å². The second-order valence-corrected chi connectivity index (χ2v) is 11.5. The third-order valence-electron chi connectivity index (χ3n) is 8.52. The van der Waals surface area contributed by atoms with Crippen LogP contribution in [0.1, 0.15) is 5.56 Å². The molecule has 0 atom stereocenters. The van der Waals surface area contributed by atoms with Crippen molar-refractivity contribution in [3.8, 4) is 56.0 Å². The SMILES string of the molecule is C1=CC(c2cc(-c3ccc(-c4ccccc4)cc3)cc(-c3nc(-c4ccccc4)c4cc(-c5ccccc5)ccc4n3)c2)=CCN1. The van der Waals surface area contributed by atoms with E-state index in [0.717, 1.165) is 56.5 Å². The number of hydrogen-bond acceptors (Lipinski definition) is 3. The minimum atomic E-state index is 0.710. The number of benzene rings is 6. The smallest absolute Gasteiger partial charge is 0.160 e. The molecule has 1 N–H and O–H groups in total. The number of nitrogens with one attached hydrogen (secondary N) is 1. The van der Waals surface area contributed by atoms with Crippen LogP contribution >= 0.6 is 0 Å². The fraction of sp³-hybridized carbons (Fsp3) is 0.0233. The molecule has 0 radical (unpaired) electrons. The van der Waals surface area contributed by atoms with Crippen LogP contribution in [-0.4, -0.2) is 16.5 Å². The maximum absolute atomic E-state index is 5.29. The van der Waals surface area contributed by atoms with Gasteiger partial charge in [0.1, 0.15) is 0 Å². The lowest BCUT2D eigenvalue weighted by Gasteiger charge is -2.15. The summed E-state index contributed by atoms with van der Waals surface area (Å²) in [4.78, 5) is 10.5. The zero-order valence-corrected chi connectivity index (χ0v) is 25.3. The van der Waals surface area contributed by atoms with Gasteiger partial charge in [-0.3, -0.25) is 0 Å². The van der Waals surface area contributed by atoms with Crippen molar-refractivity contribution in [2.75, 3.05) is 6.54 Å². The van der Waals surface area contributed by atoms with Crippen LogP contribution in [0.5, 0.6) is 0 Å². The van der Waals surface area contributed by atoms with E-state index >= 15 is 0 Å². The van der Waals surface area contributed by atoms with Gasteiger partial charge in [0.15, 0.2) is 5.82 Å². The molecular weight excluding hydrogens is 558 g/mol. The first-order chi connectivity index (χ1) is 22.8. The Hall–Kier alpha value is -6.06. The van der Waals surface area contributed by atoms with E-state index in [0.29, 0.717) is 5.82 Å². The summed E-state index contributed by atoms with van der Waals surface area (Å²) in [7, 11) is 0. The lowest BCUT2D eigenvalue weighted by atomic mass is 9.93. The van der Waals surface area contributed by atoms with Crippen LogP contribution in [0.2, 0.25) is 0 Å². The molecule has 3 heteroatoms. The highest BCUT2D eigenvalue weighted by molar-refractivity contribution is 5.96. The van der Waals surface area contributed by atoms with Gasteiger partial charge in [0.2, 0.25) is 0 Å². The highest BCUT2D eigenvalue weighted by Gasteiger charge is 2.16. The Kier molecular flexibility index (Phi) is 7.26. The summed E-state index contributed by atoms with van der Waals surface area (Å²) >= 11 is 0. The molecule has 218 valence electrons. The first kappa shape index (κ1) is 27.5. The van der Waals surface area contributed by atoms with Crippen molar-refractivity contribution in [1.82, 2.24) is 15.3 Å². The molecule has 8 rings (SSSR count). The quantitative estimate of drug-likeness (QED) is 0.210. The highest BCUT2D eigenvalue weighted by Crippen LogP contribution is 2.36. The van der Waals surface area contributed by atoms with Gasteiger partial charge in [-0.2, -0.15) is 0 Å². The molecule has 46 heavy (non-hydrogen) atoms. The molecule has 6 aromatic carbocycles. The second-order valence-electron chi connectivity index (χ2n) is 11.5. The number of allylic oxidation sites excluding steroid dienone is 2. The van der Waals surface area contributed by atoms with E-state index in [-0.39, 0.29) is 0 Å². The van der Waals surface area contributed by atoms with Crippen LogP contribution in [0.15, 0.2) is 170 Å². The third-order valence-corrected chi connectivity index (χ3v) is 8.52. The largest absolute Gasteiger partial charge is 0.387 e. The Labute approximate surface area is 269 Å². The Morgan fingerprint density at radius 3 is 1.63 bits per heavy atom. The molecule has 3 nitrogen and oxygen atoms in total. The lowest BCUT2D eigenvalue weighted by Crippen LogP contribution is -2.08. The summed E-state index contributed by atoms with van der Waals surface area (Å²) in [6.07, 6.45) is 6.37. The van der Waals surface area contributed by atoms with Crippen molar-refractivity contribution < 1.29 is 0 Å². The van der Waals surface area contributed by atoms with Gasteiger partial charge in [-0.25, -0.2) is 9.97 Å². The van der Waals surface area contributed by atoms with Gasteiger partial charge in [-0.1, -0.05) is 127 Å². The Morgan fingerprint density at radius 1 is 0.435 bits per heavy atom. The van der Waals surface area contributed by atoms with Crippen LogP contribution in [0.25, 0.3) is 72.5 Å². The summed E-state index contributed by atoms with van der Waals surface area (Å²) in [6.45, 7) is 0.797. The number of nitrogens with zero attached hydrogens (tertiary/aromatic N) is 2. The minimum absolute atomic E-state index is 0.710. The molecule has 0 bridgehead atoms. The molecule has 1 aliphatic rings. The number of rotatable bonds is 6. The molecule has 7 aromatic rings. The number of aromatic nitrogens is 2. The molecule has 0 unspecified atom stereocenters. The topological polar surface area (TPSA) is 37.8 Å². The van der Waals surface area contributed by atoms with Crippen molar-refractivity contribution in [3.05, 3.63) is 176 Å². The molecular formula is C43H31N3. The van der Waals surface area contributed by atoms with Crippen LogP contribution < -0.4 is 5.32 Å². The van der Waals surface area contributed by atoms with Gasteiger partial charge in [0.05, 0.1) is 11.2 Å². The summed E-state index contributed by atoms with van der Waals surface area (Å²) in [6, 6.07) is 53.4. The van der Waals surface area contributed by atoms with Gasteiger partial charge in [0.25, 0.3) is 0 Å². The number of dihydropyridines is 1. The molecule has 0 saturated carbocycles. The molecule has 0 spiro atoms. The Bertz CT molecular complexity index is 2220. The Balaban J connectivity index is 1.29. The number of fused-ring (bicyclic) bond motifs is 1. The van der Waals surface area contributed by atoms with E-state index in [9.17, 15) is 0 Å². The van der Waals surface area contributed by atoms with Crippen molar-refractivity contribution >= 4 is 16.5 Å². The van der Waals surface area contributed by atoms with Gasteiger partial charge >= 0.3 is 0 Å². The summed E-state index contributed by atoms with van der Waals surface area (Å²) in [5.74, 6) is 0.710. The molecule has 2 heterocycles. The summed E-state index contributed by atoms with van der Waals surface area (Å²) in [5.41, 5.74) is 13.2. The van der Waals surface area contributed by atoms with Crippen LogP contribution in [0.3, 0.4) is 0 Å². The standard InChI is InChI=1S/C43H31N3/c1-4-10-30(11-5-1)32-16-18-33(19-17-32)37-26-38(34-22-24-44-25-23-34)28-39(27-37)43-45-41-21-20-36(31-12-6-2-7-13-31)29-40(41)42(46-43)35-14-8-3-9-15-35/h1-24,26-29,44H,25H2. The first-order valence-electron chi connectivity index (χ1n) is 15.6. The van der Waals surface area contributed by atoms with E-state index < -0.39 is 0 Å². The zero-order valence-electron chi connectivity index (χ0n) is 25.3. The third kappa shape index (κ3) is 5.51. The van der Waals surface area contributed by atoms with Crippen molar-refractivity contribution in [3.63, 3.8) is 0 Å². The minimum Gasteiger partial charge on any atom is -0.387 e. The predicted octanol–water partition coefficient (Wildman–Crippen LogP) is 10.5. The van der Waals surface area contributed by atoms with Gasteiger partial charge < -0.3 is 5.32 Å². The van der Waals surface area contributed by atoms with Crippen molar-refractivity contribution in [1.29, 1.82) is 0 Å². The van der Waals surface area contributed by atoms with Gasteiger partial charge in [-0.05, 0) is 87.1 Å². The van der Waals surface area contributed by atoms with E-state index in [4.69, 9.17) is 9.97 Å². The van der Waals surface area contributed by atoms with E-state index in [2.05, 4.69) is 157 Å². The normalized spacial score (nSPS) is 12.5. The predicted molar refractivity (Wildman–Crippen MR) is 192 cm³/mol. The van der Waals surface area contributed by atoms with E-state index in [1.807, 2.05) is 18.3 Å². The molecule has 1 aliphatic heterocycles. The zero-order chi connectivity index (χ0) is 30.7. The molecule has 1 aromatic heterocycles. The molecule has 0 aliphatic carbocycles. The molecule has 0 amide bonds. The second kappa shape index (κ2) is 12.1. The average Bonchev–Trinajstić information content (AvgIpc) is 3.15. The molecule has 0 fully saturated rings. The van der Waals surface area contributed by atoms with Crippen LogP contribution in [0, 0.1) is 0 Å². The van der Waals surface area contributed by atoms with Gasteiger partial charge in [-0.15, -0.1) is 0 Å². The molecule has 0 saturated heterocycles. The first-order valence-corrected chi connectivity index (χ1v) is 15.6. The van der Waals surface area contributed by atoms with Crippen LogP contribution in [-0.2, 0) is 0 Å². The summed E-state index contributed by atoms with van der Waals surface area (Å²) < 4.78 is 0. The maximum atomic E-state index is 5.29.